The summed E-state index contributed by atoms with van der Waals surface area (Å²) >= 11 is 3.30. The van der Waals surface area contributed by atoms with E-state index in [-0.39, 0.29) is 5.75 Å². The molecule has 1 N–H and O–H groups in total. The van der Waals surface area contributed by atoms with Gasteiger partial charge in [0.1, 0.15) is 5.75 Å². The predicted molar refractivity (Wildman–Crippen MR) is 75.2 cm³/mol. The van der Waals surface area contributed by atoms with Crippen LogP contribution in [0, 0.1) is 0 Å². The van der Waals surface area contributed by atoms with Crippen molar-refractivity contribution in [1.29, 1.82) is 0 Å². The SMILES string of the molecule is COCCOCCNCc1cc(Br)ccc1OC(F)F. The molecule has 1 rings (SSSR count). The lowest BCUT2D eigenvalue weighted by atomic mass is 10.2. The second kappa shape index (κ2) is 10.0. The molecule has 0 radical (unpaired) electrons. The van der Waals surface area contributed by atoms with Crippen molar-refractivity contribution >= 4 is 15.9 Å². The van der Waals surface area contributed by atoms with Gasteiger partial charge >= 0.3 is 6.61 Å². The first kappa shape index (κ1) is 17.3. The zero-order chi connectivity index (χ0) is 14.8. The van der Waals surface area contributed by atoms with Gasteiger partial charge in [0.25, 0.3) is 0 Å². The molecule has 114 valence electrons. The maximum absolute atomic E-state index is 12.3. The van der Waals surface area contributed by atoms with Crippen LogP contribution in [0.3, 0.4) is 0 Å². The summed E-state index contributed by atoms with van der Waals surface area (Å²) in [7, 11) is 1.61. The largest absolute Gasteiger partial charge is 0.434 e. The monoisotopic (exact) mass is 353 g/mol. The Balaban J connectivity index is 2.36. The second-order valence-electron chi connectivity index (χ2n) is 3.91. The normalized spacial score (nSPS) is 11.1. The van der Waals surface area contributed by atoms with Crippen LogP contribution in [0.5, 0.6) is 5.75 Å². The molecule has 1 aromatic rings. The zero-order valence-electron chi connectivity index (χ0n) is 11.2. The Labute approximate surface area is 125 Å². The first-order chi connectivity index (χ1) is 9.63. The van der Waals surface area contributed by atoms with Crippen LogP contribution in [-0.4, -0.2) is 40.1 Å². The Bertz CT molecular complexity index is 394. The summed E-state index contributed by atoms with van der Waals surface area (Å²) in [5.41, 5.74) is 0.663. The quantitative estimate of drug-likeness (QED) is 0.656. The third kappa shape index (κ3) is 7.14. The summed E-state index contributed by atoms with van der Waals surface area (Å²) in [4.78, 5) is 0. The molecule has 0 spiro atoms. The lowest BCUT2D eigenvalue weighted by Gasteiger charge is -2.12. The van der Waals surface area contributed by atoms with Gasteiger partial charge < -0.3 is 19.5 Å². The highest BCUT2D eigenvalue weighted by atomic mass is 79.9. The highest BCUT2D eigenvalue weighted by Crippen LogP contribution is 2.24. The molecule has 0 aliphatic rings. The molecule has 0 unspecified atom stereocenters. The highest BCUT2D eigenvalue weighted by molar-refractivity contribution is 9.10. The number of methoxy groups -OCH3 is 1. The summed E-state index contributed by atoms with van der Waals surface area (Å²) in [6.45, 7) is -0.165. The van der Waals surface area contributed by atoms with Gasteiger partial charge in [-0.2, -0.15) is 8.78 Å². The number of benzene rings is 1. The first-order valence-electron chi connectivity index (χ1n) is 6.14. The molecule has 0 atom stereocenters. The van der Waals surface area contributed by atoms with Gasteiger partial charge in [-0.1, -0.05) is 15.9 Å². The fraction of sp³-hybridized carbons (Fsp3) is 0.538. The number of halogens is 3. The Kier molecular flexibility index (Phi) is 8.68. The molecule has 20 heavy (non-hydrogen) atoms. The average molecular weight is 354 g/mol. The van der Waals surface area contributed by atoms with Crippen molar-refractivity contribution < 1.29 is 23.0 Å². The van der Waals surface area contributed by atoms with Gasteiger partial charge in [-0.05, 0) is 18.2 Å². The lowest BCUT2D eigenvalue weighted by Crippen LogP contribution is -2.20. The van der Waals surface area contributed by atoms with E-state index in [1.54, 1.807) is 19.2 Å². The van der Waals surface area contributed by atoms with E-state index in [0.29, 0.717) is 38.5 Å². The molecule has 0 heterocycles. The fourth-order valence-corrected chi connectivity index (χ4v) is 1.92. The third-order valence-electron chi connectivity index (χ3n) is 2.41. The number of hydrogen-bond acceptors (Lipinski definition) is 4. The molecular formula is C13H18BrF2NO3. The third-order valence-corrected chi connectivity index (χ3v) is 2.90. The van der Waals surface area contributed by atoms with Crippen LogP contribution in [0.15, 0.2) is 22.7 Å². The Morgan fingerprint density at radius 3 is 2.75 bits per heavy atom. The molecule has 0 amide bonds. The fourth-order valence-electron chi connectivity index (χ4n) is 1.51. The number of hydrogen-bond donors (Lipinski definition) is 1. The van der Waals surface area contributed by atoms with Crippen molar-refractivity contribution in [2.75, 3.05) is 33.5 Å². The summed E-state index contributed by atoms with van der Waals surface area (Å²) in [5.74, 6) is 0.177. The molecule has 0 aromatic heterocycles. The molecule has 1 aromatic carbocycles. The number of alkyl halides is 2. The molecule has 0 aliphatic carbocycles. The summed E-state index contributed by atoms with van der Waals surface area (Å²) in [5, 5.41) is 3.11. The second-order valence-corrected chi connectivity index (χ2v) is 4.83. The van der Waals surface area contributed by atoms with Crippen molar-refractivity contribution in [2.45, 2.75) is 13.2 Å². The van der Waals surface area contributed by atoms with E-state index in [1.807, 2.05) is 0 Å². The average Bonchev–Trinajstić information content (AvgIpc) is 2.40. The zero-order valence-corrected chi connectivity index (χ0v) is 12.8. The van der Waals surface area contributed by atoms with E-state index in [1.165, 1.54) is 6.07 Å². The van der Waals surface area contributed by atoms with Gasteiger partial charge in [0.05, 0.1) is 19.8 Å². The van der Waals surface area contributed by atoms with Crippen molar-refractivity contribution in [1.82, 2.24) is 5.32 Å². The van der Waals surface area contributed by atoms with Crippen LogP contribution in [0.2, 0.25) is 0 Å². The minimum absolute atomic E-state index is 0.177. The highest BCUT2D eigenvalue weighted by Gasteiger charge is 2.09. The minimum Gasteiger partial charge on any atom is -0.434 e. The van der Waals surface area contributed by atoms with Crippen LogP contribution < -0.4 is 10.1 Å². The van der Waals surface area contributed by atoms with E-state index in [4.69, 9.17) is 9.47 Å². The molecule has 0 saturated heterocycles. The van der Waals surface area contributed by atoms with Crippen molar-refractivity contribution in [3.63, 3.8) is 0 Å². The first-order valence-corrected chi connectivity index (χ1v) is 6.93. The maximum Gasteiger partial charge on any atom is 0.387 e. The number of nitrogens with one attached hydrogen (secondary N) is 1. The van der Waals surface area contributed by atoms with Gasteiger partial charge in [-0.3, -0.25) is 0 Å². The van der Waals surface area contributed by atoms with E-state index < -0.39 is 6.61 Å². The van der Waals surface area contributed by atoms with E-state index >= 15 is 0 Å². The number of ether oxygens (including phenoxy) is 3. The summed E-state index contributed by atoms with van der Waals surface area (Å²) in [6.07, 6.45) is 0. The van der Waals surface area contributed by atoms with Gasteiger partial charge in [-0.15, -0.1) is 0 Å². The molecule has 0 aliphatic heterocycles. The smallest absolute Gasteiger partial charge is 0.387 e. The van der Waals surface area contributed by atoms with Crippen LogP contribution in [0.1, 0.15) is 5.56 Å². The molecule has 7 heteroatoms. The van der Waals surface area contributed by atoms with Crippen molar-refractivity contribution in [2.24, 2.45) is 0 Å². The molecular weight excluding hydrogens is 336 g/mol. The predicted octanol–water partition coefficient (Wildman–Crippen LogP) is 2.80. The van der Waals surface area contributed by atoms with E-state index in [2.05, 4.69) is 26.0 Å². The standard InChI is InChI=1S/C13H18BrF2NO3/c1-18-6-7-19-5-4-17-9-10-8-11(14)2-3-12(10)20-13(15)16/h2-3,8,13,17H,4-7,9H2,1H3. The Hall–Kier alpha value is -0.760. The summed E-state index contributed by atoms with van der Waals surface area (Å²) < 4.78 is 40.0. The van der Waals surface area contributed by atoms with Crippen LogP contribution in [-0.2, 0) is 16.0 Å². The minimum atomic E-state index is -2.83. The molecule has 0 saturated carbocycles. The summed E-state index contributed by atoms with van der Waals surface area (Å²) in [6, 6.07) is 4.92. The molecule has 0 bridgehead atoms. The van der Waals surface area contributed by atoms with Crippen LogP contribution in [0.25, 0.3) is 0 Å². The van der Waals surface area contributed by atoms with Gasteiger partial charge in [-0.25, -0.2) is 0 Å². The van der Waals surface area contributed by atoms with E-state index in [9.17, 15) is 8.78 Å². The molecule has 4 nitrogen and oxygen atoms in total. The Morgan fingerprint density at radius 1 is 1.25 bits per heavy atom. The van der Waals surface area contributed by atoms with Gasteiger partial charge in [0.2, 0.25) is 0 Å². The van der Waals surface area contributed by atoms with Crippen LogP contribution in [0.4, 0.5) is 8.78 Å². The maximum atomic E-state index is 12.3. The Morgan fingerprint density at radius 2 is 2.05 bits per heavy atom. The lowest BCUT2D eigenvalue weighted by molar-refractivity contribution is -0.0505. The van der Waals surface area contributed by atoms with Crippen LogP contribution >= 0.6 is 15.9 Å². The molecule has 0 fully saturated rings. The topological polar surface area (TPSA) is 39.7 Å². The van der Waals surface area contributed by atoms with Gasteiger partial charge in [0.15, 0.2) is 0 Å². The van der Waals surface area contributed by atoms with Crippen molar-refractivity contribution in [3.8, 4) is 5.75 Å². The van der Waals surface area contributed by atoms with E-state index in [0.717, 1.165) is 4.47 Å². The number of rotatable bonds is 10. The van der Waals surface area contributed by atoms with Crippen molar-refractivity contribution in [3.05, 3.63) is 28.2 Å². The van der Waals surface area contributed by atoms with Gasteiger partial charge in [0, 0.05) is 30.2 Å².